The number of carbonyl (C=O) groups excluding carboxylic acids is 2. The summed E-state index contributed by atoms with van der Waals surface area (Å²) in [6, 6.07) is 8.02. The van der Waals surface area contributed by atoms with E-state index in [2.05, 4.69) is 6.58 Å². The van der Waals surface area contributed by atoms with Crippen molar-refractivity contribution < 1.29 is 14.3 Å². The number of aryl methyl sites for hydroxylation is 1. The van der Waals surface area contributed by atoms with Crippen molar-refractivity contribution in [1.29, 1.82) is 0 Å². The third-order valence-corrected chi connectivity index (χ3v) is 4.23. The van der Waals surface area contributed by atoms with Gasteiger partial charge in [-0.3, -0.25) is 9.59 Å². The predicted molar refractivity (Wildman–Crippen MR) is 93.7 cm³/mol. The van der Waals surface area contributed by atoms with Crippen molar-refractivity contribution in [3.8, 4) is 0 Å². The summed E-state index contributed by atoms with van der Waals surface area (Å²) in [4.78, 5) is 28.3. The van der Waals surface area contributed by atoms with Crippen molar-refractivity contribution in [2.24, 2.45) is 0 Å². The molecule has 0 spiro atoms. The third-order valence-electron chi connectivity index (χ3n) is 4.23. The second kappa shape index (κ2) is 8.64. The fraction of sp³-hybridized carbons (Fsp3) is 0.474. The Morgan fingerprint density at radius 2 is 1.75 bits per heavy atom. The number of nitrogens with zero attached hydrogens (tertiary/aromatic N) is 2. The number of piperazine rings is 1. The number of rotatable bonds is 6. The molecule has 1 saturated heterocycles. The van der Waals surface area contributed by atoms with Crippen molar-refractivity contribution in [2.45, 2.75) is 26.4 Å². The zero-order valence-electron chi connectivity index (χ0n) is 14.5. The van der Waals surface area contributed by atoms with E-state index in [1.165, 1.54) is 5.56 Å². The highest BCUT2D eigenvalue weighted by Gasteiger charge is 2.27. The SMILES string of the molecule is C=CCOC(C)C(=O)N1CCN(C(=O)Cc2ccc(C)cc2)CC1. The van der Waals surface area contributed by atoms with Crippen molar-refractivity contribution >= 4 is 11.8 Å². The van der Waals surface area contributed by atoms with Crippen LogP contribution < -0.4 is 0 Å². The van der Waals surface area contributed by atoms with Gasteiger partial charge in [0.25, 0.3) is 5.91 Å². The first-order valence-electron chi connectivity index (χ1n) is 8.36. The summed E-state index contributed by atoms with van der Waals surface area (Å²) < 4.78 is 5.38. The van der Waals surface area contributed by atoms with Crippen LogP contribution in [0.15, 0.2) is 36.9 Å². The fourth-order valence-electron chi connectivity index (χ4n) is 2.71. The molecule has 1 aliphatic heterocycles. The molecule has 1 atom stereocenters. The smallest absolute Gasteiger partial charge is 0.251 e. The molecular formula is C19H26N2O3. The topological polar surface area (TPSA) is 49.9 Å². The van der Waals surface area contributed by atoms with Gasteiger partial charge in [-0.15, -0.1) is 6.58 Å². The minimum absolute atomic E-state index is 0.0255. The maximum Gasteiger partial charge on any atom is 0.251 e. The molecule has 1 aromatic carbocycles. The molecule has 1 unspecified atom stereocenters. The van der Waals surface area contributed by atoms with Gasteiger partial charge in [0, 0.05) is 26.2 Å². The Hall–Kier alpha value is -2.14. The fourth-order valence-corrected chi connectivity index (χ4v) is 2.71. The van der Waals surface area contributed by atoms with Crippen LogP contribution in [0.4, 0.5) is 0 Å². The van der Waals surface area contributed by atoms with Crippen molar-refractivity contribution in [2.75, 3.05) is 32.8 Å². The van der Waals surface area contributed by atoms with E-state index in [-0.39, 0.29) is 11.8 Å². The van der Waals surface area contributed by atoms with Crippen LogP contribution in [0.25, 0.3) is 0 Å². The first-order valence-corrected chi connectivity index (χ1v) is 8.36. The normalized spacial score (nSPS) is 15.9. The lowest BCUT2D eigenvalue weighted by molar-refractivity contribution is -0.146. The summed E-state index contributed by atoms with van der Waals surface area (Å²) in [5.74, 6) is 0.0874. The van der Waals surface area contributed by atoms with E-state index in [0.717, 1.165) is 5.56 Å². The summed E-state index contributed by atoms with van der Waals surface area (Å²) >= 11 is 0. The van der Waals surface area contributed by atoms with E-state index in [4.69, 9.17) is 4.74 Å². The number of hydrogen-bond acceptors (Lipinski definition) is 3. The zero-order chi connectivity index (χ0) is 17.5. The van der Waals surface area contributed by atoms with E-state index < -0.39 is 6.10 Å². The number of carbonyl (C=O) groups is 2. The van der Waals surface area contributed by atoms with Crippen molar-refractivity contribution in [1.82, 2.24) is 9.80 Å². The molecule has 2 amide bonds. The van der Waals surface area contributed by atoms with Crippen LogP contribution >= 0.6 is 0 Å². The Morgan fingerprint density at radius 3 is 2.33 bits per heavy atom. The highest BCUT2D eigenvalue weighted by molar-refractivity contribution is 5.82. The molecule has 0 N–H and O–H groups in total. The zero-order valence-corrected chi connectivity index (χ0v) is 14.5. The van der Waals surface area contributed by atoms with Gasteiger partial charge in [-0.2, -0.15) is 0 Å². The monoisotopic (exact) mass is 330 g/mol. The molecule has 130 valence electrons. The molecule has 0 radical (unpaired) electrons. The molecule has 1 fully saturated rings. The van der Waals surface area contributed by atoms with Crippen LogP contribution in [0.1, 0.15) is 18.1 Å². The van der Waals surface area contributed by atoms with E-state index in [1.54, 1.807) is 17.9 Å². The summed E-state index contributed by atoms with van der Waals surface area (Å²) in [5.41, 5.74) is 2.21. The van der Waals surface area contributed by atoms with Crippen LogP contribution in [0.2, 0.25) is 0 Å². The standard InChI is InChI=1S/C19H26N2O3/c1-4-13-24-16(3)19(23)21-11-9-20(10-12-21)18(22)14-17-7-5-15(2)6-8-17/h4-8,16H,1,9-14H2,2-3H3. The summed E-state index contributed by atoms with van der Waals surface area (Å²) in [6.07, 6.45) is 1.57. The first kappa shape index (κ1) is 18.2. The van der Waals surface area contributed by atoms with Gasteiger partial charge in [0.2, 0.25) is 5.91 Å². The molecule has 1 aliphatic rings. The lowest BCUT2D eigenvalue weighted by Crippen LogP contribution is -2.53. The van der Waals surface area contributed by atoms with Crippen LogP contribution in [0.5, 0.6) is 0 Å². The average Bonchev–Trinajstić information content (AvgIpc) is 2.61. The van der Waals surface area contributed by atoms with E-state index >= 15 is 0 Å². The molecule has 24 heavy (non-hydrogen) atoms. The van der Waals surface area contributed by atoms with Gasteiger partial charge >= 0.3 is 0 Å². The highest BCUT2D eigenvalue weighted by atomic mass is 16.5. The van der Waals surface area contributed by atoms with Gasteiger partial charge in [-0.25, -0.2) is 0 Å². The highest BCUT2D eigenvalue weighted by Crippen LogP contribution is 2.10. The van der Waals surface area contributed by atoms with E-state index in [9.17, 15) is 9.59 Å². The molecule has 0 aliphatic carbocycles. The third kappa shape index (κ3) is 4.93. The lowest BCUT2D eigenvalue weighted by atomic mass is 10.1. The molecule has 0 bridgehead atoms. The Labute approximate surface area is 143 Å². The maximum atomic E-state index is 12.4. The quantitative estimate of drug-likeness (QED) is 0.747. The van der Waals surface area contributed by atoms with Crippen LogP contribution in [-0.4, -0.2) is 60.5 Å². The molecule has 1 heterocycles. The molecule has 2 rings (SSSR count). The molecule has 0 aromatic heterocycles. The number of ether oxygens (including phenoxy) is 1. The van der Waals surface area contributed by atoms with Gasteiger partial charge in [0.1, 0.15) is 6.10 Å². The van der Waals surface area contributed by atoms with Crippen molar-refractivity contribution in [3.63, 3.8) is 0 Å². The summed E-state index contributed by atoms with van der Waals surface area (Å²) in [5, 5.41) is 0. The summed E-state index contributed by atoms with van der Waals surface area (Å²) in [7, 11) is 0. The molecule has 5 nitrogen and oxygen atoms in total. The van der Waals surface area contributed by atoms with Gasteiger partial charge in [-0.05, 0) is 19.4 Å². The molecular weight excluding hydrogens is 304 g/mol. The van der Waals surface area contributed by atoms with Crippen molar-refractivity contribution in [3.05, 3.63) is 48.0 Å². The lowest BCUT2D eigenvalue weighted by Gasteiger charge is -2.36. The Morgan fingerprint density at radius 1 is 1.17 bits per heavy atom. The second-order valence-corrected chi connectivity index (χ2v) is 6.13. The van der Waals surface area contributed by atoms with E-state index in [1.807, 2.05) is 36.1 Å². The van der Waals surface area contributed by atoms with Crippen LogP contribution in [-0.2, 0) is 20.7 Å². The van der Waals surface area contributed by atoms with Gasteiger partial charge in [-0.1, -0.05) is 35.9 Å². The van der Waals surface area contributed by atoms with E-state index in [0.29, 0.717) is 39.2 Å². The minimum atomic E-state index is -0.474. The average molecular weight is 330 g/mol. The number of benzene rings is 1. The van der Waals surface area contributed by atoms with Gasteiger partial charge in [0.15, 0.2) is 0 Å². The maximum absolute atomic E-state index is 12.4. The number of hydrogen-bond donors (Lipinski definition) is 0. The Bertz CT molecular complexity index is 575. The van der Waals surface area contributed by atoms with Crippen LogP contribution in [0, 0.1) is 6.92 Å². The van der Waals surface area contributed by atoms with Gasteiger partial charge in [0.05, 0.1) is 13.0 Å². The second-order valence-electron chi connectivity index (χ2n) is 6.13. The predicted octanol–water partition coefficient (Wildman–Crippen LogP) is 1.80. The number of amides is 2. The first-order chi connectivity index (χ1) is 11.5. The Kier molecular flexibility index (Phi) is 6.55. The molecule has 0 saturated carbocycles. The Balaban J connectivity index is 1.81. The summed E-state index contributed by atoms with van der Waals surface area (Å²) in [6.45, 7) is 9.98. The minimum Gasteiger partial charge on any atom is -0.365 e. The molecule has 1 aromatic rings. The molecule has 5 heteroatoms. The van der Waals surface area contributed by atoms with Crippen LogP contribution in [0.3, 0.4) is 0 Å². The van der Waals surface area contributed by atoms with Gasteiger partial charge < -0.3 is 14.5 Å². The largest absolute Gasteiger partial charge is 0.365 e.